The van der Waals surface area contributed by atoms with Gasteiger partial charge in [0.15, 0.2) is 0 Å². The zero-order valence-electron chi connectivity index (χ0n) is 11.6. The van der Waals surface area contributed by atoms with Crippen LogP contribution in [0.4, 0.5) is 13.2 Å². The topological polar surface area (TPSA) is 51.8 Å². The Morgan fingerprint density at radius 2 is 1.90 bits per heavy atom. The molecule has 21 heavy (non-hydrogen) atoms. The molecule has 0 aliphatic carbocycles. The van der Waals surface area contributed by atoms with Crippen LogP contribution in [0.25, 0.3) is 11.3 Å². The molecule has 2 aromatic rings. The maximum atomic E-state index is 12.8. The van der Waals surface area contributed by atoms with Crippen LogP contribution in [0.3, 0.4) is 0 Å². The van der Waals surface area contributed by atoms with Crippen molar-refractivity contribution in [2.75, 3.05) is 0 Å². The number of alkyl halides is 3. The molecule has 0 saturated heterocycles. The van der Waals surface area contributed by atoms with Crippen LogP contribution in [0.5, 0.6) is 0 Å². The summed E-state index contributed by atoms with van der Waals surface area (Å²) < 4.78 is 38.3. The van der Waals surface area contributed by atoms with E-state index in [1.165, 1.54) is 6.07 Å². The largest absolute Gasteiger partial charge is 0.416 e. The van der Waals surface area contributed by atoms with Gasteiger partial charge in [-0.1, -0.05) is 25.5 Å². The molecular weight excluding hydrogens is 279 g/mol. The van der Waals surface area contributed by atoms with E-state index in [1.807, 2.05) is 6.92 Å². The number of benzene rings is 1. The van der Waals surface area contributed by atoms with Crippen molar-refractivity contribution >= 4 is 0 Å². The van der Waals surface area contributed by atoms with Crippen molar-refractivity contribution < 1.29 is 13.2 Å². The lowest BCUT2D eigenvalue weighted by Gasteiger charge is -2.10. The number of halogens is 3. The van der Waals surface area contributed by atoms with Gasteiger partial charge in [0.1, 0.15) is 5.82 Å². The molecule has 1 aromatic heterocycles. The SMILES string of the molecule is CCCc1cc(-c2cccc(C(F)(F)F)c2)nc(CN)n1. The highest BCUT2D eigenvalue weighted by Crippen LogP contribution is 2.31. The summed E-state index contributed by atoms with van der Waals surface area (Å²) in [6.45, 7) is 2.16. The molecule has 0 bridgehead atoms. The lowest BCUT2D eigenvalue weighted by atomic mass is 10.1. The van der Waals surface area contributed by atoms with Crippen LogP contribution in [0.15, 0.2) is 30.3 Å². The summed E-state index contributed by atoms with van der Waals surface area (Å²) in [6, 6.07) is 6.84. The van der Waals surface area contributed by atoms with Gasteiger partial charge in [-0.2, -0.15) is 13.2 Å². The molecule has 6 heteroatoms. The van der Waals surface area contributed by atoms with Crippen LogP contribution < -0.4 is 5.73 Å². The molecule has 0 amide bonds. The third kappa shape index (κ3) is 3.78. The van der Waals surface area contributed by atoms with Crippen LogP contribution in [-0.2, 0) is 19.1 Å². The van der Waals surface area contributed by atoms with Gasteiger partial charge >= 0.3 is 6.18 Å². The van der Waals surface area contributed by atoms with Gasteiger partial charge in [-0.05, 0) is 24.6 Å². The second-order valence-electron chi connectivity index (χ2n) is 4.69. The molecule has 0 spiro atoms. The Kier molecular flexibility index (Phi) is 4.57. The Morgan fingerprint density at radius 3 is 2.52 bits per heavy atom. The summed E-state index contributed by atoms with van der Waals surface area (Å²) in [6.07, 6.45) is -2.74. The van der Waals surface area contributed by atoms with Crippen molar-refractivity contribution in [2.24, 2.45) is 5.73 Å². The summed E-state index contributed by atoms with van der Waals surface area (Å²) in [7, 11) is 0. The molecule has 1 heterocycles. The third-order valence-corrected chi connectivity index (χ3v) is 3.00. The van der Waals surface area contributed by atoms with E-state index >= 15 is 0 Å². The second-order valence-corrected chi connectivity index (χ2v) is 4.69. The van der Waals surface area contributed by atoms with E-state index in [0.29, 0.717) is 17.1 Å². The fourth-order valence-electron chi connectivity index (χ4n) is 2.03. The van der Waals surface area contributed by atoms with Crippen LogP contribution in [0.1, 0.15) is 30.4 Å². The molecule has 0 aliphatic rings. The van der Waals surface area contributed by atoms with Crippen molar-refractivity contribution in [3.8, 4) is 11.3 Å². The average molecular weight is 295 g/mol. The first kappa shape index (κ1) is 15.4. The first-order chi connectivity index (χ1) is 9.94. The number of rotatable bonds is 4. The number of aromatic nitrogens is 2. The summed E-state index contributed by atoms with van der Waals surface area (Å²) in [5, 5.41) is 0. The summed E-state index contributed by atoms with van der Waals surface area (Å²) in [5.41, 5.74) is 6.55. The van der Waals surface area contributed by atoms with Crippen LogP contribution in [0, 0.1) is 0 Å². The molecule has 0 aliphatic heterocycles. The number of nitrogens with zero attached hydrogens (tertiary/aromatic N) is 2. The molecule has 0 saturated carbocycles. The van der Waals surface area contributed by atoms with Crippen molar-refractivity contribution in [2.45, 2.75) is 32.5 Å². The van der Waals surface area contributed by atoms with Gasteiger partial charge < -0.3 is 5.73 Å². The molecule has 0 unspecified atom stereocenters. The van der Waals surface area contributed by atoms with Crippen LogP contribution >= 0.6 is 0 Å². The van der Waals surface area contributed by atoms with Gasteiger partial charge in [-0.25, -0.2) is 9.97 Å². The van der Waals surface area contributed by atoms with E-state index in [0.717, 1.165) is 30.7 Å². The standard InChI is InChI=1S/C15H16F3N3/c1-2-4-12-8-13(21-14(9-19)20-12)10-5-3-6-11(7-10)15(16,17)18/h3,5-8H,2,4,9,19H2,1H3. The fraction of sp³-hybridized carbons (Fsp3) is 0.333. The van der Waals surface area contributed by atoms with Crippen molar-refractivity contribution in [3.05, 3.63) is 47.4 Å². The molecule has 3 nitrogen and oxygen atoms in total. The average Bonchev–Trinajstić information content (AvgIpc) is 2.46. The van der Waals surface area contributed by atoms with Crippen molar-refractivity contribution in [1.82, 2.24) is 9.97 Å². The zero-order chi connectivity index (χ0) is 15.5. The minimum atomic E-state index is -4.37. The Hall–Kier alpha value is -1.95. The van der Waals surface area contributed by atoms with Crippen LogP contribution in [0.2, 0.25) is 0 Å². The number of hydrogen-bond donors (Lipinski definition) is 1. The van der Waals surface area contributed by atoms with E-state index in [2.05, 4.69) is 9.97 Å². The maximum Gasteiger partial charge on any atom is 0.416 e. The Balaban J connectivity index is 2.48. The van der Waals surface area contributed by atoms with E-state index in [-0.39, 0.29) is 6.54 Å². The Bertz CT molecular complexity index is 624. The minimum absolute atomic E-state index is 0.156. The van der Waals surface area contributed by atoms with E-state index in [1.54, 1.807) is 12.1 Å². The highest BCUT2D eigenvalue weighted by molar-refractivity contribution is 5.60. The highest BCUT2D eigenvalue weighted by Gasteiger charge is 2.30. The molecular formula is C15H16F3N3. The Morgan fingerprint density at radius 1 is 1.14 bits per heavy atom. The summed E-state index contributed by atoms with van der Waals surface area (Å²) >= 11 is 0. The second kappa shape index (κ2) is 6.22. The normalized spacial score (nSPS) is 11.7. The van der Waals surface area contributed by atoms with Gasteiger partial charge in [0.2, 0.25) is 0 Å². The minimum Gasteiger partial charge on any atom is -0.324 e. The van der Waals surface area contributed by atoms with E-state index < -0.39 is 11.7 Å². The highest BCUT2D eigenvalue weighted by atomic mass is 19.4. The quantitative estimate of drug-likeness (QED) is 0.938. The maximum absolute atomic E-state index is 12.8. The molecule has 0 atom stereocenters. The summed E-state index contributed by atoms with van der Waals surface area (Å²) in [4.78, 5) is 8.50. The van der Waals surface area contributed by atoms with Gasteiger partial charge in [-0.3, -0.25) is 0 Å². The van der Waals surface area contributed by atoms with E-state index in [4.69, 9.17) is 5.73 Å². The monoisotopic (exact) mass is 295 g/mol. The number of aryl methyl sites for hydroxylation is 1. The molecule has 1 aromatic carbocycles. The van der Waals surface area contributed by atoms with Crippen LogP contribution in [-0.4, -0.2) is 9.97 Å². The third-order valence-electron chi connectivity index (χ3n) is 3.00. The predicted molar refractivity (Wildman–Crippen MR) is 74.4 cm³/mol. The fourth-order valence-corrected chi connectivity index (χ4v) is 2.03. The van der Waals surface area contributed by atoms with Crippen molar-refractivity contribution in [3.63, 3.8) is 0 Å². The first-order valence-corrected chi connectivity index (χ1v) is 6.68. The van der Waals surface area contributed by atoms with Gasteiger partial charge in [-0.15, -0.1) is 0 Å². The van der Waals surface area contributed by atoms with Gasteiger partial charge in [0.25, 0.3) is 0 Å². The molecule has 0 fully saturated rings. The lowest BCUT2D eigenvalue weighted by Crippen LogP contribution is -2.07. The molecule has 0 radical (unpaired) electrons. The molecule has 2 N–H and O–H groups in total. The zero-order valence-corrected chi connectivity index (χ0v) is 11.6. The molecule has 2 rings (SSSR count). The predicted octanol–water partition coefficient (Wildman–Crippen LogP) is 3.57. The Labute approximate surface area is 121 Å². The van der Waals surface area contributed by atoms with Crippen molar-refractivity contribution in [1.29, 1.82) is 0 Å². The van der Waals surface area contributed by atoms with E-state index in [9.17, 15) is 13.2 Å². The first-order valence-electron chi connectivity index (χ1n) is 6.68. The van der Waals surface area contributed by atoms with Gasteiger partial charge in [0.05, 0.1) is 17.8 Å². The number of hydrogen-bond acceptors (Lipinski definition) is 3. The van der Waals surface area contributed by atoms with Gasteiger partial charge in [0, 0.05) is 11.3 Å². The molecule has 112 valence electrons. The smallest absolute Gasteiger partial charge is 0.324 e. The summed E-state index contributed by atoms with van der Waals surface area (Å²) in [5.74, 6) is 0.438. The lowest BCUT2D eigenvalue weighted by molar-refractivity contribution is -0.137. The number of nitrogens with two attached hydrogens (primary N) is 1.